The van der Waals surface area contributed by atoms with Gasteiger partial charge >= 0.3 is 0 Å². The van der Waals surface area contributed by atoms with Gasteiger partial charge in [0.2, 0.25) is 11.8 Å². The molecule has 1 aromatic heterocycles. The van der Waals surface area contributed by atoms with Crippen LogP contribution < -0.4 is 10.1 Å². The zero-order chi connectivity index (χ0) is 12.1. The van der Waals surface area contributed by atoms with Crippen LogP contribution in [0.4, 0.5) is 5.95 Å². The van der Waals surface area contributed by atoms with E-state index in [1.807, 2.05) is 13.0 Å². The molecule has 1 aliphatic heterocycles. The van der Waals surface area contributed by atoms with Crippen LogP contribution >= 0.6 is 0 Å². The van der Waals surface area contributed by atoms with E-state index < -0.39 is 0 Å². The van der Waals surface area contributed by atoms with E-state index in [4.69, 9.17) is 9.47 Å². The molecule has 1 atom stereocenters. The molecule has 0 aliphatic carbocycles. The van der Waals surface area contributed by atoms with Gasteiger partial charge in [-0.25, -0.2) is 4.98 Å². The maximum atomic E-state index is 5.34. The fraction of sp³-hybridized carbons (Fsp3) is 0.667. The van der Waals surface area contributed by atoms with E-state index >= 15 is 0 Å². The monoisotopic (exact) mass is 237 g/mol. The largest absolute Gasteiger partial charge is 0.481 e. The van der Waals surface area contributed by atoms with Crippen molar-refractivity contribution in [1.82, 2.24) is 9.97 Å². The average molecular weight is 237 g/mol. The van der Waals surface area contributed by atoms with E-state index in [1.165, 1.54) is 6.42 Å². The average Bonchev–Trinajstić information content (AvgIpc) is 2.81. The van der Waals surface area contributed by atoms with E-state index in [9.17, 15) is 0 Å². The predicted molar refractivity (Wildman–Crippen MR) is 65.4 cm³/mol. The van der Waals surface area contributed by atoms with E-state index in [2.05, 4.69) is 15.3 Å². The fourth-order valence-electron chi connectivity index (χ4n) is 1.92. The highest BCUT2D eigenvalue weighted by Gasteiger charge is 2.14. The van der Waals surface area contributed by atoms with Gasteiger partial charge in [-0.1, -0.05) is 0 Å². The molecule has 0 amide bonds. The number of rotatable bonds is 5. The molecule has 17 heavy (non-hydrogen) atoms. The highest BCUT2D eigenvalue weighted by molar-refractivity contribution is 5.30. The van der Waals surface area contributed by atoms with Crippen LogP contribution in [0.2, 0.25) is 0 Å². The molecule has 1 fully saturated rings. The van der Waals surface area contributed by atoms with Crippen molar-refractivity contribution < 1.29 is 9.47 Å². The number of anilines is 1. The summed E-state index contributed by atoms with van der Waals surface area (Å²) in [6.07, 6.45) is 2.26. The third-order valence-electron chi connectivity index (χ3n) is 2.90. The fourth-order valence-corrected chi connectivity index (χ4v) is 1.92. The molecule has 1 N–H and O–H groups in total. The maximum absolute atomic E-state index is 5.34. The molecule has 1 saturated heterocycles. The van der Waals surface area contributed by atoms with Crippen LogP contribution in [-0.4, -0.2) is 36.8 Å². The zero-order valence-corrected chi connectivity index (χ0v) is 10.4. The van der Waals surface area contributed by atoms with Crippen molar-refractivity contribution >= 4 is 5.95 Å². The maximum Gasteiger partial charge on any atom is 0.226 e. The molecule has 2 heterocycles. The Morgan fingerprint density at radius 1 is 1.53 bits per heavy atom. The number of aryl methyl sites for hydroxylation is 1. The first-order valence-corrected chi connectivity index (χ1v) is 5.99. The zero-order valence-electron chi connectivity index (χ0n) is 10.4. The smallest absolute Gasteiger partial charge is 0.226 e. The minimum Gasteiger partial charge on any atom is -0.481 e. The second kappa shape index (κ2) is 5.82. The Morgan fingerprint density at radius 2 is 2.41 bits per heavy atom. The van der Waals surface area contributed by atoms with Crippen LogP contribution in [0.15, 0.2) is 6.07 Å². The summed E-state index contributed by atoms with van der Waals surface area (Å²) >= 11 is 0. The number of hydrogen-bond donors (Lipinski definition) is 1. The highest BCUT2D eigenvalue weighted by Crippen LogP contribution is 2.16. The van der Waals surface area contributed by atoms with E-state index in [1.54, 1.807) is 7.11 Å². The summed E-state index contributed by atoms with van der Waals surface area (Å²) in [4.78, 5) is 8.55. The molecule has 94 valence electrons. The summed E-state index contributed by atoms with van der Waals surface area (Å²) in [5.41, 5.74) is 0.906. The number of nitrogens with one attached hydrogen (secondary N) is 1. The Hall–Kier alpha value is -1.36. The Labute approximate surface area is 102 Å². The SMILES string of the molecule is COc1cc(C)nc(NCCC2CCOC2)n1. The normalized spacial score (nSPS) is 19.3. The molecule has 0 radical (unpaired) electrons. The summed E-state index contributed by atoms with van der Waals surface area (Å²) in [5, 5.41) is 3.23. The first-order valence-electron chi connectivity index (χ1n) is 5.99. The predicted octanol–water partition coefficient (Wildman–Crippen LogP) is 1.63. The van der Waals surface area contributed by atoms with Gasteiger partial charge in [-0.15, -0.1) is 0 Å². The number of methoxy groups -OCH3 is 1. The minimum atomic E-state index is 0.601. The molecule has 1 aliphatic rings. The van der Waals surface area contributed by atoms with Crippen LogP contribution in [0, 0.1) is 12.8 Å². The summed E-state index contributed by atoms with van der Waals surface area (Å²) < 4.78 is 10.4. The van der Waals surface area contributed by atoms with Crippen molar-refractivity contribution in [3.8, 4) is 5.88 Å². The molecule has 0 aromatic carbocycles. The van der Waals surface area contributed by atoms with Gasteiger partial charge in [0.15, 0.2) is 0 Å². The molecule has 5 heteroatoms. The Balaban J connectivity index is 1.83. The van der Waals surface area contributed by atoms with E-state index in [0.29, 0.717) is 17.7 Å². The lowest BCUT2D eigenvalue weighted by Gasteiger charge is -2.09. The van der Waals surface area contributed by atoms with Gasteiger partial charge in [0.05, 0.1) is 7.11 Å². The standard InChI is InChI=1S/C12H19N3O2/c1-9-7-11(16-2)15-12(14-9)13-5-3-10-4-6-17-8-10/h7,10H,3-6,8H2,1-2H3,(H,13,14,15). The third-order valence-corrected chi connectivity index (χ3v) is 2.90. The Bertz CT molecular complexity index is 365. The molecular formula is C12H19N3O2. The minimum absolute atomic E-state index is 0.601. The molecule has 0 spiro atoms. The Morgan fingerprint density at radius 3 is 3.12 bits per heavy atom. The van der Waals surface area contributed by atoms with Crippen LogP contribution in [0.25, 0.3) is 0 Å². The van der Waals surface area contributed by atoms with Crippen LogP contribution in [0.3, 0.4) is 0 Å². The molecule has 5 nitrogen and oxygen atoms in total. The van der Waals surface area contributed by atoms with Gasteiger partial charge in [0.1, 0.15) is 0 Å². The summed E-state index contributed by atoms with van der Waals surface area (Å²) in [5.74, 6) is 1.92. The van der Waals surface area contributed by atoms with E-state index in [0.717, 1.165) is 31.9 Å². The molecule has 1 unspecified atom stereocenters. The number of ether oxygens (including phenoxy) is 2. The van der Waals surface area contributed by atoms with Gasteiger partial charge < -0.3 is 14.8 Å². The molecule has 2 rings (SSSR count). The quantitative estimate of drug-likeness (QED) is 0.843. The second-order valence-electron chi connectivity index (χ2n) is 4.32. The molecule has 1 aromatic rings. The lowest BCUT2D eigenvalue weighted by molar-refractivity contribution is 0.185. The molecular weight excluding hydrogens is 218 g/mol. The molecule has 0 bridgehead atoms. The van der Waals surface area contributed by atoms with Gasteiger partial charge in [0.25, 0.3) is 0 Å². The third kappa shape index (κ3) is 3.56. The van der Waals surface area contributed by atoms with Crippen molar-refractivity contribution in [1.29, 1.82) is 0 Å². The van der Waals surface area contributed by atoms with Crippen molar-refractivity contribution in [2.75, 3.05) is 32.2 Å². The number of nitrogens with zero attached hydrogens (tertiary/aromatic N) is 2. The van der Waals surface area contributed by atoms with Crippen molar-refractivity contribution in [3.63, 3.8) is 0 Å². The second-order valence-corrected chi connectivity index (χ2v) is 4.32. The van der Waals surface area contributed by atoms with Crippen LogP contribution in [0.1, 0.15) is 18.5 Å². The lowest BCUT2D eigenvalue weighted by atomic mass is 10.1. The summed E-state index contributed by atoms with van der Waals surface area (Å²) in [6, 6.07) is 1.82. The summed E-state index contributed by atoms with van der Waals surface area (Å²) in [7, 11) is 1.61. The van der Waals surface area contributed by atoms with Crippen molar-refractivity contribution in [2.45, 2.75) is 19.8 Å². The van der Waals surface area contributed by atoms with Gasteiger partial charge in [-0.3, -0.25) is 0 Å². The van der Waals surface area contributed by atoms with Crippen molar-refractivity contribution in [3.05, 3.63) is 11.8 Å². The van der Waals surface area contributed by atoms with Crippen LogP contribution in [-0.2, 0) is 4.74 Å². The van der Waals surface area contributed by atoms with Gasteiger partial charge in [-0.05, 0) is 25.7 Å². The van der Waals surface area contributed by atoms with E-state index in [-0.39, 0.29) is 0 Å². The number of aromatic nitrogens is 2. The first kappa shape index (κ1) is 12.1. The summed E-state index contributed by atoms with van der Waals surface area (Å²) in [6.45, 7) is 4.60. The Kier molecular flexibility index (Phi) is 4.14. The van der Waals surface area contributed by atoms with Crippen molar-refractivity contribution in [2.24, 2.45) is 5.92 Å². The number of hydrogen-bond acceptors (Lipinski definition) is 5. The van der Waals surface area contributed by atoms with Gasteiger partial charge in [0, 0.05) is 31.5 Å². The highest BCUT2D eigenvalue weighted by atomic mass is 16.5. The first-order chi connectivity index (χ1) is 8.28. The molecule has 0 saturated carbocycles. The van der Waals surface area contributed by atoms with Gasteiger partial charge in [-0.2, -0.15) is 4.98 Å². The van der Waals surface area contributed by atoms with Crippen LogP contribution in [0.5, 0.6) is 5.88 Å². The lowest BCUT2D eigenvalue weighted by Crippen LogP contribution is -2.11. The topological polar surface area (TPSA) is 56.3 Å².